The van der Waals surface area contributed by atoms with E-state index < -0.39 is 17.1 Å². The summed E-state index contributed by atoms with van der Waals surface area (Å²) in [4.78, 5) is 25.2. The van der Waals surface area contributed by atoms with Gasteiger partial charge in [0.05, 0.1) is 5.41 Å². The first-order valence-corrected chi connectivity index (χ1v) is 8.95. The van der Waals surface area contributed by atoms with Crippen molar-refractivity contribution in [3.8, 4) is 0 Å². The topological polar surface area (TPSA) is 55.4 Å². The van der Waals surface area contributed by atoms with Crippen LogP contribution in [0.4, 0.5) is 4.79 Å². The molecule has 0 aromatic heterocycles. The molecule has 0 unspecified atom stereocenters. The minimum absolute atomic E-state index is 0.0603. The first-order valence-electron chi connectivity index (χ1n) is 8.95. The molecule has 136 valence electrons. The predicted octanol–water partition coefficient (Wildman–Crippen LogP) is 4.35. The van der Waals surface area contributed by atoms with Crippen molar-refractivity contribution in [2.45, 2.75) is 38.2 Å². The number of hydrogen-bond donors (Lipinski definition) is 1. The molecule has 1 N–H and O–H groups in total. The standard InChI is InChI=1S/C22H25NO3/c1-21(2,3)26-20(25)23-15-18-14-22(18,17-12-8-5-9-13-17)19(24)16-10-6-4-7-11-16/h4-13,18H,14-15H2,1-3H3,(H,23,25)/t18-,22+/m0/s1. The van der Waals surface area contributed by atoms with E-state index in [9.17, 15) is 9.59 Å². The highest BCUT2D eigenvalue weighted by atomic mass is 16.6. The smallest absolute Gasteiger partial charge is 0.407 e. The van der Waals surface area contributed by atoms with Crippen molar-refractivity contribution in [3.05, 3.63) is 71.8 Å². The van der Waals surface area contributed by atoms with Crippen LogP contribution in [0.15, 0.2) is 60.7 Å². The summed E-state index contributed by atoms with van der Waals surface area (Å²) >= 11 is 0. The first-order chi connectivity index (χ1) is 12.3. The van der Waals surface area contributed by atoms with Crippen LogP contribution in [0.2, 0.25) is 0 Å². The number of carbonyl (C=O) groups is 2. The first kappa shape index (κ1) is 18.2. The Bertz CT molecular complexity index is 780. The SMILES string of the molecule is CC(C)(C)OC(=O)NC[C@@H]1C[C@@]1(C(=O)c1ccccc1)c1ccccc1. The van der Waals surface area contributed by atoms with Crippen molar-refractivity contribution >= 4 is 11.9 Å². The van der Waals surface area contributed by atoms with Crippen LogP contribution in [0.5, 0.6) is 0 Å². The highest BCUT2D eigenvalue weighted by Gasteiger charge is 2.60. The van der Waals surface area contributed by atoms with Crippen LogP contribution in [-0.2, 0) is 10.2 Å². The van der Waals surface area contributed by atoms with Crippen LogP contribution in [0.25, 0.3) is 0 Å². The fourth-order valence-electron chi connectivity index (χ4n) is 3.44. The highest BCUT2D eigenvalue weighted by molar-refractivity contribution is 6.06. The van der Waals surface area contributed by atoms with E-state index in [0.29, 0.717) is 12.1 Å². The van der Waals surface area contributed by atoms with E-state index in [1.807, 2.05) is 81.4 Å². The van der Waals surface area contributed by atoms with Gasteiger partial charge >= 0.3 is 6.09 Å². The molecule has 3 rings (SSSR count). The molecule has 1 amide bonds. The molecule has 26 heavy (non-hydrogen) atoms. The molecule has 1 aliphatic carbocycles. The molecule has 0 heterocycles. The second-order valence-corrected chi connectivity index (χ2v) is 7.82. The zero-order chi connectivity index (χ0) is 18.8. The van der Waals surface area contributed by atoms with Crippen LogP contribution >= 0.6 is 0 Å². The molecule has 4 heteroatoms. The van der Waals surface area contributed by atoms with Gasteiger partial charge in [-0.05, 0) is 38.7 Å². The molecule has 0 bridgehead atoms. The third-order valence-corrected chi connectivity index (χ3v) is 4.73. The molecule has 0 radical (unpaired) electrons. The van der Waals surface area contributed by atoms with Crippen LogP contribution in [-0.4, -0.2) is 24.0 Å². The average molecular weight is 351 g/mol. The van der Waals surface area contributed by atoms with Gasteiger partial charge in [-0.15, -0.1) is 0 Å². The van der Waals surface area contributed by atoms with E-state index in [1.165, 1.54) is 0 Å². The fraction of sp³-hybridized carbons (Fsp3) is 0.364. The lowest BCUT2D eigenvalue weighted by Gasteiger charge is -2.21. The molecule has 2 aromatic carbocycles. The van der Waals surface area contributed by atoms with Crippen LogP contribution in [0, 0.1) is 5.92 Å². The van der Waals surface area contributed by atoms with E-state index in [1.54, 1.807) is 0 Å². The Morgan fingerprint density at radius 1 is 1.04 bits per heavy atom. The molecular weight excluding hydrogens is 326 g/mol. The average Bonchev–Trinajstić information content (AvgIpc) is 3.35. The molecule has 0 spiro atoms. The molecule has 1 aliphatic rings. The van der Waals surface area contributed by atoms with Gasteiger partial charge in [-0.1, -0.05) is 60.7 Å². The summed E-state index contributed by atoms with van der Waals surface area (Å²) in [7, 11) is 0. The molecule has 2 aromatic rings. The van der Waals surface area contributed by atoms with Gasteiger partial charge in [0.25, 0.3) is 0 Å². The molecule has 0 saturated heterocycles. The predicted molar refractivity (Wildman–Crippen MR) is 101 cm³/mol. The lowest BCUT2D eigenvalue weighted by Crippen LogP contribution is -2.35. The quantitative estimate of drug-likeness (QED) is 0.815. The number of alkyl carbamates (subject to hydrolysis) is 1. The Hall–Kier alpha value is -2.62. The number of rotatable bonds is 5. The van der Waals surface area contributed by atoms with Crippen molar-refractivity contribution in [2.24, 2.45) is 5.92 Å². The Balaban J connectivity index is 1.78. The lowest BCUT2D eigenvalue weighted by atomic mass is 9.85. The Kier molecular flexibility index (Phi) is 4.86. The van der Waals surface area contributed by atoms with E-state index in [-0.39, 0.29) is 11.7 Å². The third-order valence-electron chi connectivity index (χ3n) is 4.73. The minimum atomic E-state index is -0.572. The van der Waals surface area contributed by atoms with Gasteiger partial charge < -0.3 is 10.1 Å². The summed E-state index contributed by atoms with van der Waals surface area (Å²) in [5.41, 5.74) is 0.600. The second-order valence-electron chi connectivity index (χ2n) is 7.82. The zero-order valence-corrected chi connectivity index (χ0v) is 15.5. The molecular formula is C22H25NO3. The third kappa shape index (κ3) is 3.79. The summed E-state index contributed by atoms with van der Waals surface area (Å²) in [5.74, 6) is 0.172. The largest absolute Gasteiger partial charge is 0.444 e. The molecule has 4 nitrogen and oxygen atoms in total. The summed E-state index contributed by atoms with van der Waals surface area (Å²) in [6, 6.07) is 19.2. The Labute approximate surface area is 154 Å². The van der Waals surface area contributed by atoms with Gasteiger partial charge in [-0.3, -0.25) is 4.79 Å². The van der Waals surface area contributed by atoms with Crippen molar-refractivity contribution in [1.29, 1.82) is 0 Å². The zero-order valence-electron chi connectivity index (χ0n) is 15.5. The van der Waals surface area contributed by atoms with Crippen molar-refractivity contribution in [3.63, 3.8) is 0 Å². The number of ether oxygens (including phenoxy) is 1. The monoisotopic (exact) mass is 351 g/mol. The van der Waals surface area contributed by atoms with Gasteiger partial charge in [0, 0.05) is 12.1 Å². The van der Waals surface area contributed by atoms with Crippen LogP contribution in [0.1, 0.15) is 43.1 Å². The number of benzene rings is 2. The van der Waals surface area contributed by atoms with Crippen molar-refractivity contribution < 1.29 is 14.3 Å². The number of ketones is 1. The normalized spacial score (nSPS) is 21.7. The number of carbonyl (C=O) groups excluding carboxylic acids is 2. The number of Topliss-reactive ketones (excluding diaryl/α,β-unsaturated/α-hetero) is 1. The summed E-state index contributed by atoms with van der Waals surface area (Å²) in [5, 5.41) is 2.82. The van der Waals surface area contributed by atoms with E-state index >= 15 is 0 Å². The number of nitrogens with one attached hydrogen (secondary N) is 1. The maximum atomic E-state index is 13.3. The molecule has 0 aliphatic heterocycles. The maximum Gasteiger partial charge on any atom is 0.407 e. The van der Waals surface area contributed by atoms with E-state index in [4.69, 9.17) is 4.74 Å². The van der Waals surface area contributed by atoms with Gasteiger partial charge in [0.15, 0.2) is 5.78 Å². The molecule has 2 atom stereocenters. The molecule has 1 saturated carbocycles. The highest BCUT2D eigenvalue weighted by Crippen LogP contribution is 2.55. The van der Waals surface area contributed by atoms with E-state index in [2.05, 4.69) is 5.32 Å². The van der Waals surface area contributed by atoms with Crippen molar-refractivity contribution in [1.82, 2.24) is 5.32 Å². The minimum Gasteiger partial charge on any atom is -0.444 e. The van der Waals surface area contributed by atoms with Gasteiger partial charge in [0.2, 0.25) is 0 Å². The summed E-state index contributed by atoms with van der Waals surface area (Å²) in [6.07, 6.45) is 0.277. The second kappa shape index (κ2) is 6.94. The summed E-state index contributed by atoms with van der Waals surface area (Å²) < 4.78 is 5.30. The van der Waals surface area contributed by atoms with E-state index in [0.717, 1.165) is 12.0 Å². The van der Waals surface area contributed by atoms with Gasteiger partial charge in [-0.2, -0.15) is 0 Å². The van der Waals surface area contributed by atoms with Crippen molar-refractivity contribution in [2.75, 3.05) is 6.54 Å². The fourth-order valence-corrected chi connectivity index (χ4v) is 3.44. The Morgan fingerprint density at radius 3 is 2.19 bits per heavy atom. The van der Waals surface area contributed by atoms with Gasteiger partial charge in [0.1, 0.15) is 5.60 Å². The number of hydrogen-bond acceptors (Lipinski definition) is 3. The van der Waals surface area contributed by atoms with Crippen LogP contribution in [0.3, 0.4) is 0 Å². The maximum absolute atomic E-state index is 13.3. The number of amides is 1. The van der Waals surface area contributed by atoms with Crippen LogP contribution < -0.4 is 5.32 Å². The summed E-state index contributed by atoms with van der Waals surface area (Å²) in [6.45, 7) is 5.91. The lowest BCUT2D eigenvalue weighted by molar-refractivity contribution is 0.0522. The van der Waals surface area contributed by atoms with Gasteiger partial charge in [-0.25, -0.2) is 4.79 Å². The molecule has 1 fully saturated rings. The Morgan fingerprint density at radius 2 is 1.62 bits per heavy atom.